The van der Waals surface area contributed by atoms with Crippen LogP contribution >= 0.6 is 0 Å². The first-order chi connectivity index (χ1) is 9.36. The van der Waals surface area contributed by atoms with Gasteiger partial charge in [-0.25, -0.2) is 18.0 Å². The fraction of sp³-hybridized carbons (Fsp3) is 0.167. The molecule has 2 N–H and O–H groups in total. The minimum atomic E-state index is -1.73. The van der Waals surface area contributed by atoms with E-state index in [0.717, 1.165) is 11.0 Å². The minimum Gasteiger partial charge on any atom is -0.480 e. The Hall–Kier alpha value is -2.51. The highest BCUT2D eigenvalue weighted by Gasteiger charge is 2.19. The zero-order valence-corrected chi connectivity index (χ0v) is 10.2. The number of hydrogen-bond acceptors (Lipinski definition) is 2. The summed E-state index contributed by atoms with van der Waals surface area (Å²) in [4.78, 5) is 23.1. The van der Waals surface area contributed by atoms with E-state index in [9.17, 15) is 22.8 Å². The van der Waals surface area contributed by atoms with Gasteiger partial charge in [0.1, 0.15) is 6.54 Å². The van der Waals surface area contributed by atoms with Crippen LogP contribution in [0.3, 0.4) is 0 Å². The molecular formula is C12H11F3N2O3. The van der Waals surface area contributed by atoms with Crippen LogP contribution in [0.4, 0.5) is 23.7 Å². The second-order valence-electron chi connectivity index (χ2n) is 3.72. The number of carbonyl (C=O) groups is 2. The average molecular weight is 288 g/mol. The van der Waals surface area contributed by atoms with Gasteiger partial charge in [0, 0.05) is 6.54 Å². The number of nitrogens with one attached hydrogen (secondary N) is 1. The molecule has 0 aliphatic heterocycles. The van der Waals surface area contributed by atoms with Crippen molar-refractivity contribution in [1.29, 1.82) is 0 Å². The third-order valence-corrected chi connectivity index (χ3v) is 2.24. The van der Waals surface area contributed by atoms with Gasteiger partial charge in [0.2, 0.25) is 0 Å². The summed E-state index contributed by atoms with van der Waals surface area (Å²) in [6.45, 7) is 2.58. The molecule has 5 nitrogen and oxygen atoms in total. The number of carbonyl (C=O) groups excluding carboxylic acids is 1. The summed E-state index contributed by atoms with van der Waals surface area (Å²) in [7, 11) is 0. The van der Waals surface area contributed by atoms with E-state index in [1.807, 2.05) is 5.32 Å². The molecule has 0 heterocycles. The molecule has 0 atom stereocenters. The van der Waals surface area contributed by atoms with Crippen molar-refractivity contribution in [3.05, 3.63) is 42.2 Å². The highest BCUT2D eigenvalue weighted by molar-refractivity contribution is 5.91. The van der Waals surface area contributed by atoms with E-state index in [0.29, 0.717) is 6.07 Å². The molecule has 1 aromatic carbocycles. The Morgan fingerprint density at radius 3 is 2.50 bits per heavy atom. The molecule has 0 radical (unpaired) electrons. The van der Waals surface area contributed by atoms with Crippen molar-refractivity contribution in [3.8, 4) is 0 Å². The third kappa shape index (κ3) is 3.74. The fourth-order valence-corrected chi connectivity index (χ4v) is 1.36. The van der Waals surface area contributed by atoms with E-state index in [1.165, 1.54) is 6.08 Å². The van der Waals surface area contributed by atoms with Crippen LogP contribution in [0, 0.1) is 17.5 Å². The smallest absolute Gasteiger partial charge is 0.323 e. The number of nitrogens with zero attached hydrogens (tertiary/aromatic N) is 1. The van der Waals surface area contributed by atoms with Crippen LogP contribution in [0.25, 0.3) is 0 Å². The van der Waals surface area contributed by atoms with Crippen molar-refractivity contribution < 1.29 is 27.9 Å². The van der Waals surface area contributed by atoms with Gasteiger partial charge < -0.3 is 15.3 Å². The van der Waals surface area contributed by atoms with Gasteiger partial charge >= 0.3 is 12.0 Å². The topological polar surface area (TPSA) is 69.6 Å². The number of halogens is 3. The summed E-state index contributed by atoms with van der Waals surface area (Å²) in [6.07, 6.45) is 1.27. The summed E-state index contributed by atoms with van der Waals surface area (Å²) in [6, 6.07) is 0.499. The number of rotatable bonds is 5. The second kappa shape index (κ2) is 6.60. The molecule has 8 heteroatoms. The van der Waals surface area contributed by atoms with Crippen molar-refractivity contribution >= 4 is 17.7 Å². The molecule has 0 unspecified atom stereocenters. The predicted molar refractivity (Wildman–Crippen MR) is 64.7 cm³/mol. The maximum absolute atomic E-state index is 13.3. The van der Waals surface area contributed by atoms with Gasteiger partial charge in [-0.3, -0.25) is 4.79 Å². The molecule has 0 bridgehead atoms. The monoisotopic (exact) mass is 288 g/mol. The molecule has 0 saturated carbocycles. The molecule has 0 saturated heterocycles. The minimum absolute atomic E-state index is 0.108. The van der Waals surface area contributed by atoms with E-state index >= 15 is 0 Å². The SMILES string of the molecule is C=CCN(CC(=O)O)C(=O)Nc1ccc(F)c(F)c1F. The zero-order chi connectivity index (χ0) is 15.3. The van der Waals surface area contributed by atoms with Crippen molar-refractivity contribution in [2.24, 2.45) is 0 Å². The lowest BCUT2D eigenvalue weighted by atomic mass is 10.3. The first-order valence-corrected chi connectivity index (χ1v) is 5.39. The normalized spacial score (nSPS) is 9.95. The average Bonchev–Trinajstić information content (AvgIpc) is 2.38. The van der Waals surface area contributed by atoms with Crippen LogP contribution < -0.4 is 5.32 Å². The predicted octanol–water partition coefficient (Wildman–Crippen LogP) is 2.21. The number of aliphatic carboxylic acids is 1. The quantitative estimate of drug-likeness (QED) is 0.644. The number of carboxylic acid groups (broad SMARTS) is 1. The number of carboxylic acids is 1. The van der Waals surface area contributed by atoms with Gasteiger partial charge in [-0.15, -0.1) is 6.58 Å². The number of amides is 2. The molecule has 0 aliphatic carbocycles. The highest BCUT2D eigenvalue weighted by atomic mass is 19.2. The summed E-state index contributed by atoms with van der Waals surface area (Å²) in [5, 5.41) is 10.6. The van der Waals surface area contributed by atoms with Crippen molar-refractivity contribution in [2.45, 2.75) is 0 Å². The van der Waals surface area contributed by atoms with Crippen LogP contribution in [0.2, 0.25) is 0 Å². The van der Waals surface area contributed by atoms with Gasteiger partial charge in [-0.05, 0) is 12.1 Å². The van der Waals surface area contributed by atoms with Crippen molar-refractivity contribution in [3.63, 3.8) is 0 Å². The Bertz CT molecular complexity index is 549. The van der Waals surface area contributed by atoms with Gasteiger partial charge in [-0.2, -0.15) is 0 Å². The van der Waals surface area contributed by atoms with E-state index < -0.39 is 41.7 Å². The molecule has 0 fully saturated rings. The number of benzene rings is 1. The van der Waals surface area contributed by atoms with E-state index in [1.54, 1.807) is 0 Å². The van der Waals surface area contributed by atoms with Gasteiger partial charge in [0.15, 0.2) is 17.5 Å². The number of hydrogen-bond donors (Lipinski definition) is 2. The lowest BCUT2D eigenvalue weighted by molar-refractivity contribution is -0.137. The van der Waals surface area contributed by atoms with Gasteiger partial charge in [0.25, 0.3) is 0 Å². The Morgan fingerprint density at radius 1 is 1.30 bits per heavy atom. The number of anilines is 1. The standard InChI is InChI=1S/C12H11F3N2O3/c1-2-5-17(6-9(18)19)12(20)16-8-4-3-7(13)10(14)11(8)15/h2-4H,1,5-6H2,(H,16,20)(H,18,19). The first-order valence-electron chi connectivity index (χ1n) is 5.39. The van der Waals surface area contributed by atoms with Gasteiger partial charge in [-0.1, -0.05) is 6.08 Å². The Morgan fingerprint density at radius 2 is 1.95 bits per heavy atom. The van der Waals surface area contributed by atoms with Crippen molar-refractivity contribution in [2.75, 3.05) is 18.4 Å². The molecule has 1 rings (SSSR count). The van der Waals surface area contributed by atoms with Gasteiger partial charge in [0.05, 0.1) is 5.69 Å². The zero-order valence-electron chi connectivity index (χ0n) is 10.2. The number of urea groups is 1. The molecule has 0 aromatic heterocycles. The highest BCUT2D eigenvalue weighted by Crippen LogP contribution is 2.19. The second-order valence-corrected chi connectivity index (χ2v) is 3.72. The first kappa shape index (κ1) is 15.5. The fourth-order valence-electron chi connectivity index (χ4n) is 1.36. The molecule has 0 aliphatic rings. The summed E-state index contributed by atoms with van der Waals surface area (Å²) in [5.41, 5.74) is -0.589. The Kier molecular flexibility index (Phi) is 5.13. The molecule has 2 amide bonds. The molecule has 0 spiro atoms. The maximum atomic E-state index is 13.3. The summed E-state index contributed by atoms with van der Waals surface area (Å²) >= 11 is 0. The third-order valence-electron chi connectivity index (χ3n) is 2.24. The van der Waals surface area contributed by atoms with E-state index in [-0.39, 0.29) is 6.54 Å². The molecule has 108 valence electrons. The lowest BCUT2D eigenvalue weighted by Crippen LogP contribution is -2.39. The van der Waals surface area contributed by atoms with E-state index in [4.69, 9.17) is 5.11 Å². The van der Waals surface area contributed by atoms with Crippen LogP contribution in [0.15, 0.2) is 24.8 Å². The Labute approximate surface area is 112 Å². The maximum Gasteiger partial charge on any atom is 0.323 e. The largest absolute Gasteiger partial charge is 0.480 e. The van der Waals surface area contributed by atoms with Crippen LogP contribution in [-0.4, -0.2) is 35.1 Å². The Balaban J connectivity index is 2.90. The summed E-state index contributed by atoms with van der Waals surface area (Å²) in [5.74, 6) is -5.97. The van der Waals surface area contributed by atoms with E-state index in [2.05, 4.69) is 6.58 Å². The van der Waals surface area contributed by atoms with Crippen LogP contribution in [0.5, 0.6) is 0 Å². The van der Waals surface area contributed by atoms with Crippen molar-refractivity contribution in [1.82, 2.24) is 4.90 Å². The van der Waals surface area contributed by atoms with Crippen LogP contribution in [0.1, 0.15) is 0 Å². The molecule has 1 aromatic rings. The molecule has 20 heavy (non-hydrogen) atoms. The summed E-state index contributed by atoms with van der Waals surface area (Å²) < 4.78 is 39.0. The van der Waals surface area contributed by atoms with Crippen LogP contribution in [-0.2, 0) is 4.79 Å². The lowest BCUT2D eigenvalue weighted by Gasteiger charge is -2.19. The molecular weight excluding hydrogens is 277 g/mol.